The summed E-state index contributed by atoms with van der Waals surface area (Å²) < 4.78 is 8.75. The Morgan fingerprint density at radius 2 is 1.92 bits per heavy atom. The summed E-state index contributed by atoms with van der Waals surface area (Å²) in [6, 6.07) is 17.1. The second kappa shape index (κ2) is 5.98. The molecule has 25 heavy (non-hydrogen) atoms. The summed E-state index contributed by atoms with van der Waals surface area (Å²) in [7, 11) is 1.61. The zero-order valence-electron chi connectivity index (χ0n) is 13.8. The van der Waals surface area contributed by atoms with Gasteiger partial charge in [-0.15, -0.1) is 0 Å². The van der Waals surface area contributed by atoms with Gasteiger partial charge in [-0.25, -0.2) is 4.98 Å². The minimum atomic E-state index is -0.150. The van der Waals surface area contributed by atoms with E-state index in [-0.39, 0.29) is 5.56 Å². The molecule has 126 valence electrons. The van der Waals surface area contributed by atoms with Crippen molar-refractivity contribution in [2.75, 3.05) is 12.8 Å². The number of nitrogens with zero attached hydrogens (tertiary/aromatic N) is 3. The van der Waals surface area contributed by atoms with Crippen LogP contribution >= 0.6 is 0 Å². The Labute approximate surface area is 144 Å². The summed E-state index contributed by atoms with van der Waals surface area (Å²) in [6.45, 7) is 0.535. The normalized spacial score (nSPS) is 11.2. The maximum Gasteiger partial charge on any atom is 0.256 e. The van der Waals surface area contributed by atoms with Crippen molar-refractivity contribution in [1.29, 1.82) is 0 Å². The maximum atomic E-state index is 12.5. The van der Waals surface area contributed by atoms with Gasteiger partial charge in [0.2, 0.25) is 5.78 Å². The molecule has 0 aliphatic heterocycles. The predicted octanol–water partition coefficient (Wildman–Crippen LogP) is 2.48. The second-order valence-electron chi connectivity index (χ2n) is 5.90. The van der Waals surface area contributed by atoms with Crippen LogP contribution in [-0.4, -0.2) is 21.1 Å². The van der Waals surface area contributed by atoms with Crippen molar-refractivity contribution >= 4 is 22.6 Å². The van der Waals surface area contributed by atoms with Crippen molar-refractivity contribution in [2.45, 2.75) is 13.0 Å². The third kappa shape index (κ3) is 2.61. The molecule has 0 aliphatic rings. The van der Waals surface area contributed by atoms with Crippen LogP contribution < -0.4 is 16.0 Å². The van der Waals surface area contributed by atoms with E-state index < -0.39 is 0 Å². The van der Waals surface area contributed by atoms with Crippen LogP contribution in [0.15, 0.2) is 59.4 Å². The molecule has 4 aromatic rings. The molecule has 0 radical (unpaired) electrons. The molecule has 6 heteroatoms. The Kier molecular flexibility index (Phi) is 3.65. The molecule has 0 saturated heterocycles. The lowest BCUT2D eigenvalue weighted by atomic mass is 10.1. The van der Waals surface area contributed by atoms with Crippen molar-refractivity contribution in [2.24, 2.45) is 0 Å². The molecule has 6 nitrogen and oxygen atoms in total. The predicted molar refractivity (Wildman–Crippen MR) is 98.1 cm³/mol. The third-order valence-electron chi connectivity index (χ3n) is 4.35. The highest BCUT2D eigenvalue weighted by Gasteiger charge is 2.13. The van der Waals surface area contributed by atoms with Crippen LogP contribution in [0.4, 0.5) is 5.82 Å². The van der Waals surface area contributed by atoms with Gasteiger partial charge in [-0.1, -0.05) is 30.3 Å². The van der Waals surface area contributed by atoms with E-state index in [0.29, 0.717) is 18.1 Å². The minimum Gasteiger partial charge on any atom is -0.497 e. The van der Waals surface area contributed by atoms with E-state index in [2.05, 4.69) is 4.98 Å². The number of aryl methyl sites for hydroxylation is 2. The zero-order chi connectivity index (χ0) is 17.4. The fourth-order valence-corrected chi connectivity index (χ4v) is 3.07. The van der Waals surface area contributed by atoms with Crippen LogP contribution in [0.2, 0.25) is 0 Å². The van der Waals surface area contributed by atoms with Gasteiger partial charge < -0.3 is 10.5 Å². The van der Waals surface area contributed by atoms with Gasteiger partial charge in [0.1, 0.15) is 11.6 Å². The Morgan fingerprint density at radius 3 is 2.68 bits per heavy atom. The topological polar surface area (TPSA) is 74.5 Å². The zero-order valence-corrected chi connectivity index (χ0v) is 13.8. The SMILES string of the molecule is COc1ccc2nc3n(CCc4ccccc4)c(=O)cc(N)n3c2c1. The maximum absolute atomic E-state index is 12.5. The second-order valence-corrected chi connectivity index (χ2v) is 5.90. The quantitative estimate of drug-likeness (QED) is 0.622. The highest BCUT2D eigenvalue weighted by atomic mass is 16.5. The highest BCUT2D eigenvalue weighted by Crippen LogP contribution is 2.23. The van der Waals surface area contributed by atoms with Crippen molar-refractivity contribution in [3.8, 4) is 5.75 Å². The minimum absolute atomic E-state index is 0.150. The summed E-state index contributed by atoms with van der Waals surface area (Å²) in [6.07, 6.45) is 0.743. The number of anilines is 1. The molecule has 0 spiro atoms. The van der Waals surface area contributed by atoms with Gasteiger partial charge in [-0.3, -0.25) is 13.8 Å². The number of imidazole rings is 1. The summed E-state index contributed by atoms with van der Waals surface area (Å²) in [5.41, 5.74) is 8.71. The van der Waals surface area contributed by atoms with Crippen LogP contribution in [0.5, 0.6) is 5.75 Å². The molecule has 0 aliphatic carbocycles. The van der Waals surface area contributed by atoms with E-state index in [1.54, 1.807) is 16.1 Å². The van der Waals surface area contributed by atoms with Gasteiger partial charge in [0.25, 0.3) is 5.56 Å². The number of benzene rings is 2. The lowest BCUT2D eigenvalue weighted by molar-refractivity contribution is 0.415. The van der Waals surface area contributed by atoms with Crippen molar-refractivity contribution in [1.82, 2.24) is 14.0 Å². The number of rotatable bonds is 4. The summed E-state index contributed by atoms with van der Waals surface area (Å²) in [5, 5.41) is 0. The molecule has 4 rings (SSSR count). The molecule has 2 N–H and O–H groups in total. The number of hydrogen-bond donors (Lipinski definition) is 1. The first kappa shape index (κ1) is 15.3. The Morgan fingerprint density at radius 1 is 1.12 bits per heavy atom. The molecule has 2 heterocycles. The number of ether oxygens (including phenoxy) is 1. The first-order valence-corrected chi connectivity index (χ1v) is 8.07. The number of hydrogen-bond acceptors (Lipinski definition) is 4. The van der Waals surface area contributed by atoms with E-state index in [1.165, 1.54) is 11.6 Å². The Balaban J connectivity index is 1.87. The van der Waals surface area contributed by atoms with Gasteiger partial charge in [0.05, 0.1) is 18.1 Å². The molecule has 2 aromatic heterocycles. The third-order valence-corrected chi connectivity index (χ3v) is 4.35. The van der Waals surface area contributed by atoms with E-state index >= 15 is 0 Å². The van der Waals surface area contributed by atoms with Crippen molar-refractivity contribution in [3.63, 3.8) is 0 Å². The van der Waals surface area contributed by atoms with E-state index in [4.69, 9.17) is 10.5 Å². The number of aromatic nitrogens is 3. The van der Waals surface area contributed by atoms with Gasteiger partial charge >= 0.3 is 0 Å². The largest absolute Gasteiger partial charge is 0.497 e. The fourth-order valence-electron chi connectivity index (χ4n) is 3.07. The Hall–Kier alpha value is -3.28. The number of nitrogen functional groups attached to an aromatic ring is 1. The highest BCUT2D eigenvalue weighted by molar-refractivity contribution is 5.82. The number of fused-ring (bicyclic) bond motifs is 3. The van der Waals surface area contributed by atoms with Gasteiger partial charge in [-0.05, 0) is 24.1 Å². The standard InChI is InChI=1S/C19H18N4O2/c1-25-14-7-8-15-16(11-14)23-17(20)12-18(24)22(19(23)21-15)10-9-13-5-3-2-4-6-13/h2-8,11-12H,9-10,20H2,1H3. The van der Waals surface area contributed by atoms with Crippen molar-refractivity contribution in [3.05, 3.63) is 70.5 Å². The molecule has 0 bridgehead atoms. The molecule has 0 saturated carbocycles. The Bertz CT molecular complexity index is 1110. The van der Waals surface area contributed by atoms with Crippen LogP contribution in [0, 0.1) is 0 Å². The van der Waals surface area contributed by atoms with Gasteiger partial charge in [0.15, 0.2) is 0 Å². The summed E-state index contributed by atoms with van der Waals surface area (Å²) >= 11 is 0. The van der Waals surface area contributed by atoms with Crippen LogP contribution in [0.1, 0.15) is 5.56 Å². The van der Waals surface area contributed by atoms with Crippen LogP contribution in [0.25, 0.3) is 16.8 Å². The van der Waals surface area contributed by atoms with Crippen LogP contribution in [0.3, 0.4) is 0 Å². The molecule has 0 fully saturated rings. The summed E-state index contributed by atoms with van der Waals surface area (Å²) in [4.78, 5) is 17.1. The molecule has 0 unspecified atom stereocenters. The molecule has 0 atom stereocenters. The average Bonchev–Trinajstić information content (AvgIpc) is 3.01. The molecule has 0 amide bonds. The lowest BCUT2D eigenvalue weighted by Crippen LogP contribution is -2.24. The van der Waals surface area contributed by atoms with Gasteiger partial charge in [-0.2, -0.15) is 0 Å². The fraction of sp³-hybridized carbons (Fsp3) is 0.158. The van der Waals surface area contributed by atoms with Gasteiger partial charge in [0, 0.05) is 18.7 Å². The monoisotopic (exact) mass is 334 g/mol. The molecular formula is C19H18N4O2. The van der Waals surface area contributed by atoms with Crippen molar-refractivity contribution < 1.29 is 4.74 Å². The first-order chi connectivity index (χ1) is 12.2. The van der Waals surface area contributed by atoms with E-state index in [0.717, 1.165) is 23.2 Å². The van der Waals surface area contributed by atoms with E-state index in [9.17, 15) is 4.79 Å². The smallest absolute Gasteiger partial charge is 0.256 e. The average molecular weight is 334 g/mol. The number of nitrogens with two attached hydrogens (primary N) is 1. The number of methoxy groups -OCH3 is 1. The van der Waals surface area contributed by atoms with E-state index in [1.807, 2.05) is 48.5 Å². The lowest BCUT2D eigenvalue weighted by Gasteiger charge is -2.09. The molecular weight excluding hydrogens is 316 g/mol. The van der Waals surface area contributed by atoms with Crippen LogP contribution in [-0.2, 0) is 13.0 Å². The first-order valence-electron chi connectivity index (χ1n) is 8.07. The summed E-state index contributed by atoms with van der Waals surface area (Å²) in [5.74, 6) is 1.63. The molecule has 2 aromatic carbocycles.